The first-order chi connectivity index (χ1) is 11.0. The quantitative estimate of drug-likeness (QED) is 0.356. The summed E-state index contributed by atoms with van der Waals surface area (Å²) in [5, 5.41) is 0. The van der Waals surface area contributed by atoms with Gasteiger partial charge in [-0.2, -0.15) is 0 Å². The highest BCUT2D eigenvalue weighted by Gasteiger charge is 2.44. The van der Waals surface area contributed by atoms with Crippen LogP contribution in [0.3, 0.4) is 0 Å². The lowest BCUT2D eigenvalue weighted by molar-refractivity contribution is -0.167. The van der Waals surface area contributed by atoms with Crippen LogP contribution in [0, 0.1) is 10.8 Å². The lowest BCUT2D eigenvalue weighted by Gasteiger charge is -2.30. The standard InChI is InChI=1S/C17H26O7/c1-11(18)17(4,12(2)19)13(22-5)9-8-10-16(3,14(20)23-6)15(21)24-7/h8-9,13H,10H2,1-7H3/b9-8+. The summed E-state index contributed by atoms with van der Waals surface area (Å²) in [5.41, 5.74) is -2.88. The molecule has 0 rings (SSSR count). The Hall–Kier alpha value is -2.02. The van der Waals surface area contributed by atoms with Crippen molar-refractivity contribution in [1.29, 1.82) is 0 Å². The fraction of sp³-hybridized carbons (Fsp3) is 0.647. The summed E-state index contributed by atoms with van der Waals surface area (Å²) in [6.07, 6.45) is 2.14. The number of hydrogen-bond acceptors (Lipinski definition) is 7. The number of Topliss-reactive ketones (excluding diaryl/α,β-unsaturated/α-hetero) is 2. The van der Waals surface area contributed by atoms with Crippen LogP contribution in [0.15, 0.2) is 12.2 Å². The van der Waals surface area contributed by atoms with Gasteiger partial charge in [0, 0.05) is 7.11 Å². The van der Waals surface area contributed by atoms with Gasteiger partial charge in [-0.05, 0) is 34.1 Å². The molecule has 0 N–H and O–H groups in total. The predicted molar refractivity (Wildman–Crippen MR) is 86.2 cm³/mol. The number of hydrogen-bond donors (Lipinski definition) is 0. The summed E-state index contributed by atoms with van der Waals surface area (Å²) in [6.45, 7) is 5.52. The minimum Gasteiger partial charge on any atom is -0.468 e. The molecule has 1 atom stereocenters. The van der Waals surface area contributed by atoms with Crippen molar-refractivity contribution < 1.29 is 33.4 Å². The van der Waals surface area contributed by atoms with E-state index in [1.54, 1.807) is 0 Å². The van der Waals surface area contributed by atoms with Gasteiger partial charge in [0.2, 0.25) is 0 Å². The highest BCUT2D eigenvalue weighted by Crippen LogP contribution is 2.30. The molecule has 0 aliphatic heterocycles. The van der Waals surface area contributed by atoms with Crippen molar-refractivity contribution in [2.24, 2.45) is 10.8 Å². The molecule has 0 saturated heterocycles. The van der Waals surface area contributed by atoms with E-state index in [-0.39, 0.29) is 18.0 Å². The van der Waals surface area contributed by atoms with Crippen molar-refractivity contribution in [2.45, 2.75) is 40.2 Å². The molecule has 0 bridgehead atoms. The molecule has 0 heterocycles. The van der Waals surface area contributed by atoms with Crippen molar-refractivity contribution in [1.82, 2.24) is 0 Å². The van der Waals surface area contributed by atoms with Crippen LogP contribution < -0.4 is 0 Å². The molecular weight excluding hydrogens is 316 g/mol. The van der Waals surface area contributed by atoms with Gasteiger partial charge < -0.3 is 14.2 Å². The number of carbonyl (C=O) groups is 4. The maximum absolute atomic E-state index is 11.9. The van der Waals surface area contributed by atoms with Crippen LogP contribution in [-0.4, -0.2) is 50.9 Å². The molecule has 0 saturated carbocycles. The number of allylic oxidation sites excluding steroid dienone is 1. The molecule has 0 aliphatic rings. The highest BCUT2D eigenvalue weighted by molar-refractivity contribution is 6.05. The Morgan fingerprint density at radius 3 is 1.62 bits per heavy atom. The lowest BCUT2D eigenvalue weighted by Crippen LogP contribution is -2.44. The summed E-state index contributed by atoms with van der Waals surface area (Å²) in [4.78, 5) is 47.6. The molecule has 7 heteroatoms. The van der Waals surface area contributed by atoms with Crippen LogP contribution in [0.4, 0.5) is 0 Å². The van der Waals surface area contributed by atoms with E-state index in [0.29, 0.717) is 0 Å². The van der Waals surface area contributed by atoms with E-state index in [1.807, 2.05) is 0 Å². The summed E-state index contributed by atoms with van der Waals surface area (Å²) < 4.78 is 14.6. The second-order valence-electron chi connectivity index (χ2n) is 5.92. The van der Waals surface area contributed by atoms with Crippen molar-refractivity contribution in [3.05, 3.63) is 12.2 Å². The minimum absolute atomic E-state index is 0.0297. The molecule has 24 heavy (non-hydrogen) atoms. The lowest BCUT2D eigenvalue weighted by atomic mass is 9.76. The Balaban J connectivity index is 5.54. The van der Waals surface area contributed by atoms with Gasteiger partial charge >= 0.3 is 11.9 Å². The van der Waals surface area contributed by atoms with Gasteiger partial charge in [0.15, 0.2) is 5.41 Å². The zero-order valence-electron chi connectivity index (χ0n) is 15.3. The van der Waals surface area contributed by atoms with E-state index in [0.717, 1.165) is 0 Å². The number of ketones is 2. The zero-order chi connectivity index (χ0) is 19.1. The fourth-order valence-electron chi connectivity index (χ4n) is 2.28. The van der Waals surface area contributed by atoms with Gasteiger partial charge in [-0.15, -0.1) is 0 Å². The van der Waals surface area contributed by atoms with Crippen LogP contribution in [0.2, 0.25) is 0 Å². The third-order valence-electron chi connectivity index (χ3n) is 4.39. The molecule has 7 nitrogen and oxygen atoms in total. The van der Waals surface area contributed by atoms with Crippen molar-refractivity contribution in [3.63, 3.8) is 0 Å². The zero-order valence-corrected chi connectivity index (χ0v) is 15.3. The van der Waals surface area contributed by atoms with E-state index >= 15 is 0 Å². The van der Waals surface area contributed by atoms with E-state index in [1.165, 1.54) is 61.2 Å². The SMILES string of the molecule is COC(=O)C(C)(C/C=C/C(OC)C(C)(C(C)=O)C(C)=O)C(=O)OC. The van der Waals surface area contributed by atoms with Crippen molar-refractivity contribution >= 4 is 23.5 Å². The molecule has 136 valence electrons. The Morgan fingerprint density at radius 2 is 1.33 bits per heavy atom. The normalized spacial score (nSPS) is 13.5. The number of carbonyl (C=O) groups excluding carboxylic acids is 4. The predicted octanol–water partition coefficient (Wildman–Crippen LogP) is 1.48. The number of rotatable bonds is 9. The Morgan fingerprint density at radius 1 is 0.917 bits per heavy atom. The highest BCUT2D eigenvalue weighted by atomic mass is 16.5. The second-order valence-corrected chi connectivity index (χ2v) is 5.92. The van der Waals surface area contributed by atoms with E-state index in [2.05, 4.69) is 9.47 Å². The smallest absolute Gasteiger partial charge is 0.323 e. The van der Waals surface area contributed by atoms with Gasteiger partial charge in [0.1, 0.15) is 17.0 Å². The Bertz CT molecular complexity index is 503. The average molecular weight is 342 g/mol. The topological polar surface area (TPSA) is 96.0 Å². The maximum Gasteiger partial charge on any atom is 0.323 e. The molecule has 0 aromatic heterocycles. The van der Waals surface area contributed by atoms with Gasteiger partial charge in [-0.1, -0.05) is 12.2 Å². The Labute approximate surface area is 142 Å². The monoisotopic (exact) mass is 342 g/mol. The summed E-state index contributed by atoms with van der Waals surface area (Å²) >= 11 is 0. The largest absolute Gasteiger partial charge is 0.468 e. The van der Waals surface area contributed by atoms with Crippen LogP contribution in [0.1, 0.15) is 34.1 Å². The summed E-state index contributed by atoms with van der Waals surface area (Å²) in [6, 6.07) is 0. The number of esters is 2. The van der Waals surface area contributed by atoms with Crippen LogP contribution in [-0.2, 0) is 33.4 Å². The first-order valence-corrected chi connectivity index (χ1v) is 7.40. The van der Waals surface area contributed by atoms with Gasteiger partial charge in [-0.25, -0.2) is 0 Å². The molecule has 1 unspecified atom stereocenters. The first-order valence-electron chi connectivity index (χ1n) is 7.40. The molecule has 0 aromatic carbocycles. The van der Waals surface area contributed by atoms with Crippen LogP contribution in [0.5, 0.6) is 0 Å². The van der Waals surface area contributed by atoms with Gasteiger partial charge in [0.05, 0.1) is 20.3 Å². The second kappa shape index (κ2) is 8.73. The average Bonchev–Trinajstić information content (AvgIpc) is 2.55. The number of methoxy groups -OCH3 is 3. The maximum atomic E-state index is 11.9. The van der Waals surface area contributed by atoms with Gasteiger partial charge in [0.25, 0.3) is 0 Å². The summed E-state index contributed by atoms with van der Waals surface area (Å²) in [5.74, 6) is -2.16. The van der Waals surface area contributed by atoms with Crippen molar-refractivity contribution in [2.75, 3.05) is 21.3 Å². The van der Waals surface area contributed by atoms with Crippen LogP contribution in [0.25, 0.3) is 0 Å². The third kappa shape index (κ3) is 4.29. The minimum atomic E-state index is -1.53. The molecule has 0 fully saturated rings. The molecule has 0 aliphatic carbocycles. The first kappa shape index (κ1) is 22.0. The summed E-state index contributed by atoms with van der Waals surface area (Å²) in [7, 11) is 3.72. The molecular formula is C17H26O7. The third-order valence-corrected chi connectivity index (χ3v) is 4.39. The number of ether oxygens (including phenoxy) is 3. The van der Waals surface area contributed by atoms with Crippen molar-refractivity contribution in [3.8, 4) is 0 Å². The van der Waals surface area contributed by atoms with Gasteiger partial charge in [-0.3, -0.25) is 19.2 Å². The molecule has 0 aromatic rings. The van der Waals surface area contributed by atoms with Crippen LogP contribution >= 0.6 is 0 Å². The van der Waals surface area contributed by atoms with E-state index in [4.69, 9.17) is 4.74 Å². The molecule has 0 radical (unpaired) electrons. The van der Waals surface area contributed by atoms with E-state index < -0.39 is 28.9 Å². The Kier molecular flexibility index (Phi) is 7.99. The molecule has 0 amide bonds. The van der Waals surface area contributed by atoms with E-state index in [9.17, 15) is 19.2 Å². The fourth-order valence-corrected chi connectivity index (χ4v) is 2.28. The molecule has 0 spiro atoms.